The Morgan fingerprint density at radius 2 is 2.05 bits per heavy atom. The minimum Gasteiger partial charge on any atom is -0.334 e. The fraction of sp³-hybridized carbons (Fsp3) is 0.100. The van der Waals surface area contributed by atoms with Gasteiger partial charge in [-0.05, 0) is 12.1 Å². The van der Waals surface area contributed by atoms with Gasteiger partial charge in [-0.15, -0.1) is 0 Å². The number of nitrogens with zero attached hydrogens (tertiary/aromatic N) is 2. The Bertz CT molecular complexity index is 639. The molecule has 0 unspecified atom stereocenters. The zero-order chi connectivity index (χ0) is 14.2. The number of H-pyrrole nitrogens is 1. The van der Waals surface area contributed by atoms with Gasteiger partial charge >= 0.3 is 6.18 Å². The Labute approximate surface area is 112 Å². The first-order valence-electron chi connectivity index (χ1n) is 4.85. The summed E-state index contributed by atoms with van der Waals surface area (Å²) in [5, 5.41) is 10.9. The summed E-state index contributed by atoms with van der Waals surface area (Å²) in [4.78, 5) is 15.7. The first-order valence-corrected chi connectivity index (χ1v) is 5.65. The van der Waals surface area contributed by atoms with Crippen molar-refractivity contribution in [1.82, 2.24) is 9.97 Å². The summed E-state index contributed by atoms with van der Waals surface area (Å²) in [7, 11) is 0. The number of nitro groups is 1. The third kappa shape index (κ3) is 2.75. The third-order valence-electron chi connectivity index (χ3n) is 2.29. The summed E-state index contributed by atoms with van der Waals surface area (Å²) in [5.41, 5.74) is -1.40. The number of benzene rings is 1. The molecule has 0 aliphatic carbocycles. The summed E-state index contributed by atoms with van der Waals surface area (Å²) >= 11 is 3.06. The molecule has 1 aromatic heterocycles. The molecule has 1 heterocycles. The highest BCUT2D eigenvalue weighted by Gasteiger charge is 2.33. The highest BCUT2D eigenvalue weighted by Crippen LogP contribution is 2.33. The van der Waals surface area contributed by atoms with E-state index in [9.17, 15) is 23.3 Å². The normalized spacial score (nSPS) is 11.6. The molecule has 0 saturated heterocycles. The minimum atomic E-state index is -4.57. The molecule has 0 radical (unpaired) electrons. The molecular formula is C10H5BrF3N3O2. The smallest absolute Gasteiger partial charge is 0.334 e. The van der Waals surface area contributed by atoms with Crippen LogP contribution in [0.4, 0.5) is 18.9 Å². The number of nitro benzene ring substituents is 1. The Balaban J connectivity index is 2.53. The molecule has 0 amide bonds. The van der Waals surface area contributed by atoms with Gasteiger partial charge in [0.25, 0.3) is 5.69 Å². The van der Waals surface area contributed by atoms with Gasteiger partial charge < -0.3 is 4.98 Å². The van der Waals surface area contributed by atoms with Crippen molar-refractivity contribution in [3.8, 4) is 11.4 Å². The molecule has 2 rings (SSSR count). The number of hydrogen-bond donors (Lipinski definition) is 1. The Morgan fingerprint density at radius 3 is 2.58 bits per heavy atom. The number of aromatic nitrogens is 2. The number of imidazole rings is 1. The fourth-order valence-corrected chi connectivity index (χ4v) is 1.81. The van der Waals surface area contributed by atoms with Gasteiger partial charge in [-0.1, -0.05) is 15.9 Å². The number of alkyl halides is 3. The molecule has 0 saturated carbocycles. The van der Waals surface area contributed by atoms with Crippen LogP contribution in [-0.2, 0) is 6.18 Å². The Kier molecular flexibility index (Phi) is 3.31. The molecule has 0 atom stereocenters. The van der Waals surface area contributed by atoms with Crippen molar-refractivity contribution >= 4 is 21.6 Å². The summed E-state index contributed by atoms with van der Waals surface area (Å²) < 4.78 is 37.7. The van der Waals surface area contributed by atoms with E-state index in [4.69, 9.17) is 0 Å². The molecule has 0 spiro atoms. The maximum Gasteiger partial charge on any atom is 0.432 e. The van der Waals surface area contributed by atoms with E-state index in [1.807, 2.05) is 4.98 Å². The highest BCUT2D eigenvalue weighted by atomic mass is 79.9. The van der Waals surface area contributed by atoms with Gasteiger partial charge in [0.05, 0.1) is 16.7 Å². The van der Waals surface area contributed by atoms with Crippen LogP contribution in [0.25, 0.3) is 11.4 Å². The first-order chi connectivity index (χ1) is 8.79. The quantitative estimate of drug-likeness (QED) is 0.670. The first kappa shape index (κ1) is 13.5. The molecule has 0 aliphatic heterocycles. The van der Waals surface area contributed by atoms with E-state index < -0.39 is 16.8 Å². The van der Waals surface area contributed by atoms with Crippen molar-refractivity contribution < 1.29 is 18.1 Å². The van der Waals surface area contributed by atoms with Crippen LogP contribution in [0.2, 0.25) is 0 Å². The number of aromatic amines is 1. The lowest BCUT2D eigenvalue weighted by atomic mass is 10.2. The Morgan fingerprint density at radius 1 is 1.37 bits per heavy atom. The van der Waals surface area contributed by atoms with E-state index >= 15 is 0 Å². The van der Waals surface area contributed by atoms with Crippen LogP contribution in [0.3, 0.4) is 0 Å². The maximum absolute atomic E-state index is 12.4. The van der Waals surface area contributed by atoms with Crippen molar-refractivity contribution in [3.05, 3.63) is 44.7 Å². The number of rotatable bonds is 2. The number of nitrogens with one attached hydrogen (secondary N) is 1. The zero-order valence-electron chi connectivity index (χ0n) is 9.03. The molecule has 1 N–H and O–H groups in total. The zero-order valence-corrected chi connectivity index (χ0v) is 10.6. The van der Waals surface area contributed by atoms with Crippen LogP contribution >= 0.6 is 15.9 Å². The predicted molar refractivity (Wildman–Crippen MR) is 63.4 cm³/mol. The molecule has 19 heavy (non-hydrogen) atoms. The lowest BCUT2D eigenvalue weighted by Crippen LogP contribution is -2.05. The van der Waals surface area contributed by atoms with Crippen molar-refractivity contribution in [2.75, 3.05) is 0 Å². The van der Waals surface area contributed by atoms with Gasteiger partial charge in [-0.2, -0.15) is 13.2 Å². The second-order valence-electron chi connectivity index (χ2n) is 3.56. The van der Waals surface area contributed by atoms with Crippen LogP contribution in [0.1, 0.15) is 5.69 Å². The number of hydrogen-bond acceptors (Lipinski definition) is 3. The summed E-state index contributed by atoms with van der Waals surface area (Å²) in [6, 6.07) is 4.00. The van der Waals surface area contributed by atoms with Crippen LogP contribution in [-0.4, -0.2) is 14.9 Å². The molecule has 0 bridgehead atoms. The molecule has 9 heteroatoms. The van der Waals surface area contributed by atoms with Gasteiger partial charge in [0.15, 0.2) is 0 Å². The molecule has 2 aromatic rings. The molecule has 0 fully saturated rings. The fourth-order valence-electron chi connectivity index (χ4n) is 1.46. The third-order valence-corrected chi connectivity index (χ3v) is 2.79. The van der Waals surface area contributed by atoms with E-state index in [2.05, 4.69) is 20.9 Å². The lowest BCUT2D eigenvalue weighted by molar-refractivity contribution is -0.384. The second kappa shape index (κ2) is 4.65. The highest BCUT2D eigenvalue weighted by molar-refractivity contribution is 9.10. The second-order valence-corrected chi connectivity index (χ2v) is 4.48. The van der Waals surface area contributed by atoms with Crippen molar-refractivity contribution in [2.45, 2.75) is 6.18 Å². The van der Waals surface area contributed by atoms with Gasteiger partial charge in [0.1, 0.15) is 11.5 Å². The van der Waals surface area contributed by atoms with E-state index in [0.29, 0.717) is 10.7 Å². The van der Waals surface area contributed by atoms with Crippen LogP contribution in [0.5, 0.6) is 0 Å². The van der Waals surface area contributed by atoms with Gasteiger partial charge in [0, 0.05) is 10.5 Å². The van der Waals surface area contributed by atoms with E-state index in [1.54, 1.807) is 0 Å². The predicted octanol–water partition coefficient (Wildman–Crippen LogP) is 3.77. The van der Waals surface area contributed by atoms with Crippen LogP contribution < -0.4 is 0 Å². The van der Waals surface area contributed by atoms with Crippen molar-refractivity contribution in [2.24, 2.45) is 0 Å². The average molecular weight is 336 g/mol. The monoisotopic (exact) mass is 335 g/mol. The van der Waals surface area contributed by atoms with E-state index in [1.165, 1.54) is 18.2 Å². The maximum atomic E-state index is 12.4. The van der Waals surface area contributed by atoms with Crippen molar-refractivity contribution in [3.63, 3.8) is 0 Å². The molecule has 100 valence electrons. The standard InChI is InChI=1S/C10H5BrF3N3O2/c11-5-1-2-6(7(3-5)17(18)19)9-15-4-8(16-9)10(12,13)14/h1-4H,(H,15,16). The number of halogens is 4. The molecule has 1 aromatic carbocycles. The van der Waals surface area contributed by atoms with Crippen LogP contribution in [0, 0.1) is 10.1 Å². The van der Waals surface area contributed by atoms with Gasteiger partial charge in [-0.25, -0.2) is 4.98 Å². The topological polar surface area (TPSA) is 71.8 Å². The van der Waals surface area contributed by atoms with Gasteiger partial charge in [-0.3, -0.25) is 10.1 Å². The largest absolute Gasteiger partial charge is 0.432 e. The summed E-state index contributed by atoms with van der Waals surface area (Å²) in [6.45, 7) is 0. The van der Waals surface area contributed by atoms with E-state index in [0.717, 1.165) is 0 Å². The Hall–Kier alpha value is -1.90. The average Bonchev–Trinajstić information content (AvgIpc) is 2.77. The lowest BCUT2D eigenvalue weighted by Gasteiger charge is -2.02. The minimum absolute atomic E-state index is 0.0105. The SMILES string of the molecule is O=[N+]([O-])c1cc(Br)ccc1-c1ncc(C(F)(F)F)[nH]1. The molecular weight excluding hydrogens is 331 g/mol. The summed E-state index contributed by atoms with van der Waals surface area (Å²) in [5.74, 6) is -0.202. The summed E-state index contributed by atoms with van der Waals surface area (Å²) in [6.07, 6.45) is -3.98. The van der Waals surface area contributed by atoms with Crippen molar-refractivity contribution in [1.29, 1.82) is 0 Å². The van der Waals surface area contributed by atoms with Gasteiger partial charge in [0.2, 0.25) is 0 Å². The molecule has 5 nitrogen and oxygen atoms in total. The van der Waals surface area contributed by atoms with Crippen LogP contribution in [0.15, 0.2) is 28.9 Å². The van der Waals surface area contributed by atoms with E-state index in [-0.39, 0.29) is 17.1 Å². The molecule has 0 aliphatic rings.